The van der Waals surface area contributed by atoms with Gasteiger partial charge in [-0.2, -0.15) is 0 Å². The predicted octanol–water partition coefficient (Wildman–Crippen LogP) is 9.96. The Morgan fingerprint density at radius 3 is 1.50 bits per heavy atom. The SMILES string of the molecule is C/C=C\C.c1ccc(-c2ccc(-c3ccc4ccc5c(-c6ccccn6)ccc6ccc3c4c65)cc2)nc1. The van der Waals surface area contributed by atoms with Crippen LogP contribution in [0.15, 0.2) is 134 Å². The van der Waals surface area contributed by atoms with E-state index in [4.69, 9.17) is 0 Å². The van der Waals surface area contributed by atoms with Gasteiger partial charge in [0, 0.05) is 23.5 Å². The number of aromatic nitrogens is 2. The fraction of sp³-hybridized carbons (Fsp3) is 0.0556. The van der Waals surface area contributed by atoms with Crippen LogP contribution in [0.1, 0.15) is 13.8 Å². The monoisotopic (exact) mass is 488 g/mol. The van der Waals surface area contributed by atoms with Crippen molar-refractivity contribution in [1.82, 2.24) is 9.97 Å². The van der Waals surface area contributed by atoms with E-state index in [0.717, 1.165) is 17.0 Å². The van der Waals surface area contributed by atoms with Crippen LogP contribution in [0.3, 0.4) is 0 Å². The van der Waals surface area contributed by atoms with Crippen LogP contribution in [0.25, 0.3) is 66.0 Å². The second kappa shape index (κ2) is 10.3. The minimum atomic E-state index is 0.992. The molecule has 0 radical (unpaired) electrons. The number of benzene rings is 5. The summed E-state index contributed by atoms with van der Waals surface area (Å²) in [6, 6.07) is 38.8. The maximum absolute atomic E-state index is 4.62. The van der Waals surface area contributed by atoms with Crippen molar-refractivity contribution in [3.63, 3.8) is 0 Å². The molecule has 0 aliphatic rings. The molecule has 0 N–H and O–H groups in total. The molecule has 0 spiro atoms. The largest absolute Gasteiger partial charge is 0.256 e. The first-order valence-corrected chi connectivity index (χ1v) is 13.0. The smallest absolute Gasteiger partial charge is 0.0708 e. The average molecular weight is 489 g/mol. The van der Waals surface area contributed by atoms with E-state index in [0.29, 0.717) is 0 Å². The second-order valence-corrected chi connectivity index (χ2v) is 9.32. The molecule has 2 aromatic heterocycles. The number of nitrogens with zero attached hydrogens (tertiary/aromatic N) is 2. The van der Waals surface area contributed by atoms with Crippen LogP contribution in [0.5, 0.6) is 0 Å². The van der Waals surface area contributed by atoms with Crippen LogP contribution in [-0.2, 0) is 0 Å². The zero-order valence-electron chi connectivity index (χ0n) is 21.6. The first-order valence-electron chi connectivity index (χ1n) is 13.0. The summed E-state index contributed by atoms with van der Waals surface area (Å²) in [5.74, 6) is 0. The van der Waals surface area contributed by atoms with Gasteiger partial charge in [0.2, 0.25) is 0 Å². The zero-order chi connectivity index (χ0) is 25.9. The molecule has 182 valence electrons. The highest BCUT2D eigenvalue weighted by molar-refractivity contribution is 6.27. The van der Waals surface area contributed by atoms with Gasteiger partial charge in [-0.05, 0) is 81.6 Å². The standard InChI is InChI=1S/C32H20N2.C4H8/c1-3-19-33-29(5-1)22-9-7-21(8-10-22)25-15-11-23-14-18-28-26(30-6-2-4-20-34-30)16-12-24-13-17-27(25)31(23)32(24)28;1-3-4-2/h1-20H;3-4H,1-2H3/b;4-3-. The average Bonchev–Trinajstić information content (AvgIpc) is 3.01. The third-order valence-electron chi connectivity index (χ3n) is 7.10. The number of hydrogen-bond donors (Lipinski definition) is 0. The maximum Gasteiger partial charge on any atom is 0.0708 e. The topological polar surface area (TPSA) is 25.8 Å². The maximum atomic E-state index is 4.62. The van der Waals surface area contributed by atoms with E-state index in [1.165, 1.54) is 49.0 Å². The van der Waals surface area contributed by atoms with Gasteiger partial charge < -0.3 is 0 Å². The summed E-state index contributed by atoms with van der Waals surface area (Å²) >= 11 is 0. The van der Waals surface area contributed by atoms with Gasteiger partial charge in [-0.15, -0.1) is 0 Å². The molecule has 0 unspecified atom stereocenters. The lowest BCUT2D eigenvalue weighted by atomic mass is 9.88. The number of allylic oxidation sites excluding steroid dienone is 2. The summed E-state index contributed by atoms with van der Waals surface area (Å²) in [6.45, 7) is 4.00. The Labute approximate surface area is 223 Å². The molecule has 0 atom stereocenters. The summed E-state index contributed by atoms with van der Waals surface area (Å²) in [7, 11) is 0. The van der Waals surface area contributed by atoms with Crippen LogP contribution in [0.2, 0.25) is 0 Å². The van der Waals surface area contributed by atoms with Gasteiger partial charge in [0.15, 0.2) is 0 Å². The van der Waals surface area contributed by atoms with E-state index in [-0.39, 0.29) is 0 Å². The van der Waals surface area contributed by atoms with Gasteiger partial charge in [0.25, 0.3) is 0 Å². The summed E-state index contributed by atoms with van der Waals surface area (Å²) in [5, 5.41) is 7.68. The minimum Gasteiger partial charge on any atom is -0.256 e. The van der Waals surface area contributed by atoms with Gasteiger partial charge in [0.1, 0.15) is 0 Å². The van der Waals surface area contributed by atoms with Crippen molar-refractivity contribution in [2.75, 3.05) is 0 Å². The third kappa shape index (κ3) is 4.21. The zero-order valence-corrected chi connectivity index (χ0v) is 21.6. The lowest BCUT2D eigenvalue weighted by Gasteiger charge is -2.16. The minimum absolute atomic E-state index is 0.992. The molecule has 7 aromatic rings. The molecular formula is C36H28N2. The summed E-state index contributed by atoms with van der Waals surface area (Å²) in [6.07, 6.45) is 7.70. The van der Waals surface area contributed by atoms with E-state index in [2.05, 4.69) is 88.8 Å². The van der Waals surface area contributed by atoms with Gasteiger partial charge >= 0.3 is 0 Å². The molecule has 0 fully saturated rings. The van der Waals surface area contributed by atoms with Gasteiger partial charge in [-0.25, -0.2) is 0 Å². The second-order valence-electron chi connectivity index (χ2n) is 9.32. The Morgan fingerprint density at radius 2 is 0.947 bits per heavy atom. The summed E-state index contributed by atoms with van der Waals surface area (Å²) < 4.78 is 0. The highest BCUT2D eigenvalue weighted by atomic mass is 14.7. The van der Waals surface area contributed by atoms with E-state index in [1.807, 2.05) is 68.7 Å². The van der Waals surface area contributed by atoms with E-state index in [9.17, 15) is 0 Å². The number of rotatable bonds is 3. The Kier molecular flexibility index (Phi) is 6.37. The van der Waals surface area contributed by atoms with Crippen molar-refractivity contribution in [2.24, 2.45) is 0 Å². The van der Waals surface area contributed by atoms with Crippen molar-refractivity contribution < 1.29 is 0 Å². The quantitative estimate of drug-likeness (QED) is 0.183. The number of hydrogen-bond acceptors (Lipinski definition) is 2. The molecule has 2 heteroatoms. The Bertz CT molecular complexity index is 1850. The van der Waals surface area contributed by atoms with Crippen LogP contribution >= 0.6 is 0 Å². The molecule has 38 heavy (non-hydrogen) atoms. The molecule has 0 saturated heterocycles. The van der Waals surface area contributed by atoms with E-state index >= 15 is 0 Å². The molecule has 0 aliphatic carbocycles. The molecular weight excluding hydrogens is 460 g/mol. The van der Waals surface area contributed by atoms with Crippen molar-refractivity contribution in [1.29, 1.82) is 0 Å². The molecule has 0 bridgehead atoms. The molecule has 0 amide bonds. The van der Waals surface area contributed by atoms with Crippen molar-refractivity contribution in [3.8, 4) is 33.6 Å². The lowest BCUT2D eigenvalue weighted by Crippen LogP contribution is -1.90. The van der Waals surface area contributed by atoms with Crippen molar-refractivity contribution in [2.45, 2.75) is 13.8 Å². The molecule has 2 nitrogen and oxygen atoms in total. The highest BCUT2D eigenvalue weighted by Crippen LogP contribution is 2.42. The van der Waals surface area contributed by atoms with Gasteiger partial charge in [0.05, 0.1) is 11.4 Å². The molecule has 2 heterocycles. The van der Waals surface area contributed by atoms with E-state index in [1.54, 1.807) is 0 Å². The Morgan fingerprint density at radius 1 is 0.447 bits per heavy atom. The lowest BCUT2D eigenvalue weighted by molar-refractivity contribution is 1.33. The highest BCUT2D eigenvalue weighted by Gasteiger charge is 2.15. The molecule has 0 aliphatic heterocycles. The van der Waals surface area contributed by atoms with Crippen LogP contribution in [0.4, 0.5) is 0 Å². The first-order chi connectivity index (χ1) is 18.8. The number of pyridine rings is 2. The first kappa shape index (κ1) is 23.6. The Balaban J connectivity index is 0.000000620. The Hall–Kier alpha value is -4.82. The van der Waals surface area contributed by atoms with Crippen LogP contribution in [0, 0.1) is 0 Å². The molecule has 5 aromatic carbocycles. The molecule has 7 rings (SSSR count). The fourth-order valence-corrected chi connectivity index (χ4v) is 5.15. The van der Waals surface area contributed by atoms with Gasteiger partial charge in [-0.1, -0.05) is 97.1 Å². The molecule has 0 saturated carbocycles. The summed E-state index contributed by atoms with van der Waals surface area (Å²) in [5.41, 5.74) is 6.76. The van der Waals surface area contributed by atoms with Crippen LogP contribution in [-0.4, -0.2) is 9.97 Å². The summed E-state index contributed by atoms with van der Waals surface area (Å²) in [4.78, 5) is 9.11. The fourth-order valence-electron chi connectivity index (χ4n) is 5.15. The normalized spacial score (nSPS) is 11.3. The van der Waals surface area contributed by atoms with Crippen LogP contribution < -0.4 is 0 Å². The van der Waals surface area contributed by atoms with E-state index < -0.39 is 0 Å². The van der Waals surface area contributed by atoms with Gasteiger partial charge in [-0.3, -0.25) is 9.97 Å². The van der Waals surface area contributed by atoms with Crippen molar-refractivity contribution >= 4 is 32.3 Å². The predicted molar refractivity (Wildman–Crippen MR) is 163 cm³/mol. The van der Waals surface area contributed by atoms with Crippen molar-refractivity contribution in [3.05, 3.63) is 134 Å². The third-order valence-corrected chi connectivity index (χ3v) is 7.10.